The number of nitrogens with zero attached hydrogens (tertiary/aromatic N) is 2. The molecule has 2 fully saturated rings. The molecule has 2 saturated heterocycles. The third-order valence-corrected chi connectivity index (χ3v) is 6.16. The number of carbonyl (C=O) groups is 2. The summed E-state index contributed by atoms with van der Waals surface area (Å²) in [5.41, 5.74) is 0.548. The van der Waals surface area contributed by atoms with Gasteiger partial charge in [0.1, 0.15) is 0 Å². The number of likely N-dealkylation sites (tertiary alicyclic amines) is 2. The molecular formula is C20H27Cl2N3O2. The molecule has 0 aromatic heterocycles. The summed E-state index contributed by atoms with van der Waals surface area (Å²) in [4.78, 5) is 29.7. The van der Waals surface area contributed by atoms with Crippen molar-refractivity contribution < 1.29 is 9.59 Å². The first kappa shape index (κ1) is 20.4. The number of rotatable bonds is 5. The van der Waals surface area contributed by atoms with Gasteiger partial charge in [0.05, 0.1) is 23.3 Å². The lowest BCUT2D eigenvalue weighted by atomic mass is 10.00. The predicted molar refractivity (Wildman–Crippen MR) is 109 cm³/mol. The Labute approximate surface area is 171 Å². The second-order valence-corrected chi connectivity index (χ2v) is 8.23. The SMILES string of the molecule is CC[C@@H]1CCCCN1C(=O)CN1CCC[C@@H]1C(=O)Nc1ccc(Cl)cc1Cl. The van der Waals surface area contributed by atoms with Crippen LogP contribution < -0.4 is 5.32 Å². The van der Waals surface area contributed by atoms with Gasteiger partial charge in [0.15, 0.2) is 0 Å². The van der Waals surface area contributed by atoms with E-state index in [-0.39, 0.29) is 17.9 Å². The molecule has 5 nitrogen and oxygen atoms in total. The first-order valence-electron chi connectivity index (χ1n) is 9.79. The first-order valence-corrected chi connectivity index (χ1v) is 10.5. The minimum Gasteiger partial charge on any atom is -0.339 e. The highest BCUT2D eigenvalue weighted by molar-refractivity contribution is 6.36. The number of halogens is 2. The zero-order chi connectivity index (χ0) is 19.4. The maximum Gasteiger partial charge on any atom is 0.241 e. The lowest BCUT2D eigenvalue weighted by molar-refractivity contribution is -0.137. The van der Waals surface area contributed by atoms with E-state index in [2.05, 4.69) is 12.2 Å². The molecule has 2 heterocycles. The summed E-state index contributed by atoms with van der Waals surface area (Å²) < 4.78 is 0. The van der Waals surface area contributed by atoms with Crippen molar-refractivity contribution in [3.63, 3.8) is 0 Å². The number of hydrogen-bond donors (Lipinski definition) is 1. The maximum atomic E-state index is 12.9. The van der Waals surface area contributed by atoms with Gasteiger partial charge >= 0.3 is 0 Å². The van der Waals surface area contributed by atoms with Gasteiger partial charge in [-0.3, -0.25) is 14.5 Å². The molecule has 0 radical (unpaired) electrons. The van der Waals surface area contributed by atoms with E-state index >= 15 is 0 Å². The maximum absolute atomic E-state index is 12.9. The highest BCUT2D eigenvalue weighted by Crippen LogP contribution is 2.27. The average molecular weight is 412 g/mol. The Kier molecular flexibility index (Phi) is 7.01. The van der Waals surface area contributed by atoms with E-state index in [0.717, 1.165) is 45.2 Å². The van der Waals surface area contributed by atoms with E-state index in [9.17, 15) is 9.59 Å². The van der Waals surface area contributed by atoms with E-state index in [4.69, 9.17) is 23.2 Å². The van der Waals surface area contributed by atoms with Crippen LogP contribution in [-0.4, -0.2) is 53.3 Å². The fourth-order valence-electron chi connectivity index (χ4n) is 4.14. The van der Waals surface area contributed by atoms with Crippen LogP contribution in [0.2, 0.25) is 10.0 Å². The molecule has 0 aliphatic carbocycles. The Balaban J connectivity index is 1.62. The quantitative estimate of drug-likeness (QED) is 0.789. The van der Waals surface area contributed by atoms with Gasteiger partial charge in [-0.25, -0.2) is 0 Å². The largest absolute Gasteiger partial charge is 0.339 e. The Morgan fingerprint density at radius 2 is 1.96 bits per heavy atom. The van der Waals surface area contributed by atoms with E-state index < -0.39 is 0 Å². The molecule has 2 aliphatic heterocycles. The fraction of sp³-hybridized carbons (Fsp3) is 0.600. The van der Waals surface area contributed by atoms with Gasteiger partial charge in [-0.05, 0) is 63.3 Å². The molecule has 0 unspecified atom stereocenters. The van der Waals surface area contributed by atoms with Crippen molar-refractivity contribution >= 4 is 40.7 Å². The van der Waals surface area contributed by atoms with E-state index in [0.29, 0.717) is 28.3 Å². The van der Waals surface area contributed by atoms with Crippen LogP contribution in [-0.2, 0) is 9.59 Å². The van der Waals surface area contributed by atoms with Crippen LogP contribution in [0.15, 0.2) is 18.2 Å². The van der Waals surface area contributed by atoms with Crippen LogP contribution in [0.25, 0.3) is 0 Å². The van der Waals surface area contributed by atoms with E-state index in [1.165, 1.54) is 6.42 Å². The van der Waals surface area contributed by atoms with E-state index in [1.54, 1.807) is 18.2 Å². The van der Waals surface area contributed by atoms with Gasteiger partial charge in [0.25, 0.3) is 0 Å². The third kappa shape index (κ3) is 4.95. The smallest absolute Gasteiger partial charge is 0.241 e. The number of carbonyl (C=O) groups excluding carboxylic acids is 2. The van der Waals surface area contributed by atoms with Crippen molar-refractivity contribution in [1.29, 1.82) is 0 Å². The number of amides is 2. The highest BCUT2D eigenvalue weighted by atomic mass is 35.5. The Morgan fingerprint density at radius 1 is 1.15 bits per heavy atom. The van der Waals surface area contributed by atoms with Gasteiger partial charge < -0.3 is 10.2 Å². The molecule has 27 heavy (non-hydrogen) atoms. The molecule has 2 aliphatic rings. The third-order valence-electron chi connectivity index (χ3n) is 5.61. The minimum absolute atomic E-state index is 0.116. The highest BCUT2D eigenvalue weighted by Gasteiger charge is 2.34. The van der Waals surface area contributed by atoms with Crippen molar-refractivity contribution in [2.24, 2.45) is 0 Å². The van der Waals surface area contributed by atoms with Gasteiger partial charge in [-0.15, -0.1) is 0 Å². The van der Waals surface area contributed by atoms with Crippen molar-refractivity contribution in [2.75, 3.05) is 25.0 Å². The molecule has 0 spiro atoms. The normalized spacial score (nSPS) is 23.4. The van der Waals surface area contributed by atoms with Crippen molar-refractivity contribution in [1.82, 2.24) is 9.80 Å². The monoisotopic (exact) mass is 411 g/mol. The number of anilines is 1. The molecule has 0 bridgehead atoms. The lowest BCUT2D eigenvalue weighted by Crippen LogP contribution is -2.50. The molecule has 1 N–H and O–H groups in total. The predicted octanol–water partition coefficient (Wildman–Crippen LogP) is 4.19. The van der Waals surface area contributed by atoms with Crippen LogP contribution in [0.5, 0.6) is 0 Å². The van der Waals surface area contributed by atoms with Crippen molar-refractivity contribution in [3.8, 4) is 0 Å². The summed E-state index contributed by atoms with van der Waals surface area (Å²) in [5, 5.41) is 3.82. The molecule has 7 heteroatoms. The summed E-state index contributed by atoms with van der Waals surface area (Å²) in [5.74, 6) is 0.0287. The molecule has 148 valence electrons. The molecule has 3 rings (SSSR count). The first-order chi connectivity index (χ1) is 13.0. The Bertz CT molecular complexity index is 698. The number of benzene rings is 1. The molecule has 0 saturated carbocycles. The Hall–Kier alpha value is -1.30. The second kappa shape index (κ2) is 9.26. The van der Waals surface area contributed by atoms with Gasteiger partial charge in [0.2, 0.25) is 11.8 Å². The summed E-state index contributed by atoms with van der Waals surface area (Å²) >= 11 is 12.1. The number of piperidine rings is 1. The molecule has 2 amide bonds. The topological polar surface area (TPSA) is 52.7 Å². The summed E-state index contributed by atoms with van der Waals surface area (Å²) in [6.07, 6.45) is 6.00. The van der Waals surface area contributed by atoms with Gasteiger partial charge in [-0.2, -0.15) is 0 Å². The van der Waals surface area contributed by atoms with Crippen molar-refractivity contribution in [3.05, 3.63) is 28.2 Å². The van der Waals surface area contributed by atoms with Crippen LogP contribution >= 0.6 is 23.2 Å². The Morgan fingerprint density at radius 3 is 2.70 bits per heavy atom. The standard InChI is InChI=1S/C20H27Cl2N3O2/c1-2-15-6-3-4-11-25(15)19(26)13-24-10-5-7-18(24)20(27)23-17-9-8-14(21)12-16(17)22/h8-9,12,15,18H,2-7,10-11,13H2,1H3,(H,23,27)/t15-,18-/m1/s1. The summed E-state index contributed by atoms with van der Waals surface area (Å²) in [6, 6.07) is 5.04. The molecule has 1 aromatic rings. The van der Waals surface area contributed by atoms with E-state index in [1.807, 2.05) is 9.80 Å². The van der Waals surface area contributed by atoms with Crippen LogP contribution in [0.1, 0.15) is 45.4 Å². The average Bonchev–Trinajstić information content (AvgIpc) is 3.12. The fourth-order valence-corrected chi connectivity index (χ4v) is 4.59. The zero-order valence-corrected chi connectivity index (χ0v) is 17.2. The van der Waals surface area contributed by atoms with Crippen LogP contribution in [0.4, 0.5) is 5.69 Å². The number of hydrogen-bond acceptors (Lipinski definition) is 3. The zero-order valence-electron chi connectivity index (χ0n) is 15.7. The minimum atomic E-state index is -0.300. The second-order valence-electron chi connectivity index (χ2n) is 7.39. The molecular weight excluding hydrogens is 385 g/mol. The van der Waals surface area contributed by atoms with Gasteiger partial charge in [-0.1, -0.05) is 30.1 Å². The number of nitrogens with one attached hydrogen (secondary N) is 1. The van der Waals surface area contributed by atoms with Crippen LogP contribution in [0, 0.1) is 0 Å². The summed E-state index contributed by atoms with van der Waals surface area (Å²) in [6.45, 7) is 4.05. The van der Waals surface area contributed by atoms with Crippen LogP contribution in [0.3, 0.4) is 0 Å². The molecule has 2 atom stereocenters. The van der Waals surface area contributed by atoms with Gasteiger partial charge in [0, 0.05) is 17.6 Å². The lowest BCUT2D eigenvalue weighted by Gasteiger charge is -2.36. The van der Waals surface area contributed by atoms with Crippen molar-refractivity contribution in [2.45, 2.75) is 57.5 Å². The molecule has 1 aromatic carbocycles. The summed E-state index contributed by atoms with van der Waals surface area (Å²) in [7, 11) is 0.